The fourth-order valence-electron chi connectivity index (χ4n) is 4.51. The van der Waals surface area contributed by atoms with Crippen molar-refractivity contribution in [1.29, 1.82) is 0 Å². The van der Waals surface area contributed by atoms with Gasteiger partial charge in [0.15, 0.2) is 5.82 Å². The SMILES string of the molecule is Cc1noc([C@@]23CN(C(=O)c4ccccc4)C[C@@H]2CN(C(=O)c2ccsc2)C3)n1. The highest BCUT2D eigenvalue weighted by molar-refractivity contribution is 7.08. The first-order valence-corrected chi connectivity index (χ1v) is 10.5. The molecule has 3 aromatic rings. The number of amides is 2. The number of hydrogen-bond donors (Lipinski definition) is 0. The van der Waals surface area contributed by atoms with Crippen molar-refractivity contribution < 1.29 is 14.1 Å². The number of fused-ring (bicyclic) bond motifs is 1. The minimum atomic E-state index is -0.530. The summed E-state index contributed by atoms with van der Waals surface area (Å²) in [7, 11) is 0. The molecule has 7 nitrogen and oxygen atoms in total. The van der Waals surface area contributed by atoms with Crippen LogP contribution >= 0.6 is 11.3 Å². The van der Waals surface area contributed by atoms with Gasteiger partial charge in [0.1, 0.15) is 0 Å². The smallest absolute Gasteiger partial charge is 0.254 e. The van der Waals surface area contributed by atoms with Crippen molar-refractivity contribution in [2.45, 2.75) is 12.3 Å². The first-order valence-electron chi connectivity index (χ1n) is 9.53. The van der Waals surface area contributed by atoms with Crippen LogP contribution in [0.5, 0.6) is 0 Å². The number of hydrogen-bond acceptors (Lipinski definition) is 6. The summed E-state index contributed by atoms with van der Waals surface area (Å²) in [6.07, 6.45) is 0. The highest BCUT2D eigenvalue weighted by Crippen LogP contribution is 2.45. The summed E-state index contributed by atoms with van der Waals surface area (Å²) in [5.74, 6) is 1.13. The molecule has 0 bridgehead atoms. The van der Waals surface area contributed by atoms with Crippen molar-refractivity contribution in [1.82, 2.24) is 19.9 Å². The molecule has 2 fully saturated rings. The van der Waals surface area contributed by atoms with E-state index in [0.717, 1.165) is 0 Å². The molecule has 0 radical (unpaired) electrons. The zero-order valence-corrected chi connectivity index (χ0v) is 16.8. The van der Waals surface area contributed by atoms with Gasteiger partial charge < -0.3 is 14.3 Å². The van der Waals surface area contributed by atoms with Crippen LogP contribution < -0.4 is 0 Å². The first-order chi connectivity index (χ1) is 14.1. The highest BCUT2D eigenvalue weighted by Gasteiger charge is 2.58. The summed E-state index contributed by atoms with van der Waals surface area (Å²) in [5.41, 5.74) is 0.830. The van der Waals surface area contributed by atoms with E-state index < -0.39 is 5.41 Å². The van der Waals surface area contributed by atoms with Gasteiger partial charge in [0.05, 0.1) is 11.0 Å². The number of rotatable bonds is 3. The van der Waals surface area contributed by atoms with Crippen LogP contribution in [0.15, 0.2) is 51.7 Å². The number of carbonyl (C=O) groups is 2. The van der Waals surface area contributed by atoms with E-state index in [2.05, 4.69) is 10.1 Å². The Hall–Kier alpha value is -3.00. The molecular formula is C21H20N4O3S. The van der Waals surface area contributed by atoms with Gasteiger partial charge in [-0.25, -0.2) is 0 Å². The van der Waals surface area contributed by atoms with Gasteiger partial charge in [-0.05, 0) is 30.5 Å². The predicted molar refractivity (Wildman–Crippen MR) is 107 cm³/mol. The molecule has 0 aliphatic carbocycles. The minimum Gasteiger partial charge on any atom is -0.339 e. The molecule has 2 aliphatic heterocycles. The maximum atomic E-state index is 13.0. The van der Waals surface area contributed by atoms with E-state index in [1.165, 1.54) is 11.3 Å². The van der Waals surface area contributed by atoms with Crippen LogP contribution in [-0.4, -0.2) is 57.9 Å². The van der Waals surface area contributed by atoms with Gasteiger partial charge in [0.25, 0.3) is 11.8 Å². The summed E-state index contributed by atoms with van der Waals surface area (Å²) in [5, 5.41) is 7.74. The van der Waals surface area contributed by atoms with E-state index in [1.807, 2.05) is 57.0 Å². The number of likely N-dealkylation sites (tertiary alicyclic amines) is 2. The van der Waals surface area contributed by atoms with Gasteiger partial charge in [0.2, 0.25) is 5.89 Å². The zero-order valence-electron chi connectivity index (χ0n) is 15.9. The van der Waals surface area contributed by atoms with Crippen molar-refractivity contribution >= 4 is 23.2 Å². The number of nitrogens with zero attached hydrogens (tertiary/aromatic N) is 4. The van der Waals surface area contributed by atoms with Crippen LogP contribution in [0.25, 0.3) is 0 Å². The molecular weight excluding hydrogens is 388 g/mol. The molecule has 8 heteroatoms. The average Bonchev–Trinajstić information content (AvgIpc) is 3.50. The number of benzene rings is 1. The molecule has 2 aromatic heterocycles. The van der Waals surface area contributed by atoms with E-state index in [1.54, 1.807) is 6.92 Å². The van der Waals surface area contributed by atoms with Crippen molar-refractivity contribution in [3.05, 3.63) is 70.0 Å². The van der Waals surface area contributed by atoms with Crippen molar-refractivity contribution in [2.75, 3.05) is 26.2 Å². The molecule has 2 atom stereocenters. The Balaban J connectivity index is 1.46. The Kier molecular flexibility index (Phi) is 4.24. The van der Waals surface area contributed by atoms with Crippen LogP contribution in [-0.2, 0) is 5.41 Å². The van der Waals surface area contributed by atoms with Gasteiger partial charge >= 0.3 is 0 Å². The Bertz CT molecular complexity index is 1050. The fourth-order valence-corrected chi connectivity index (χ4v) is 5.14. The van der Waals surface area contributed by atoms with Crippen LogP contribution in [0.1, 0.15) is 32.4 Å². The normalized spacial score (nSPS) is 23.4. The van der Waals surface area contributed by atoms with Crippen LogP contribution in [0.3, 0.4) is 0 Å². The molecule has 2 amide bonds. The monoisotopic (exact) mass is 408 g/mol. The average molecular weight is 408 g/mol. The van der Waals surface area contributed by atoms with Gasteiger partial charge in [-0.3, -0.25) is 9.59 Å². The van der Waals surface area contributed by atoms with Crippen LogP contribution in [0.2, 0.25) is 0 Å². The lowest BCUT2D eigenvalue weighted by Gasteiger charge is -2.26. The Labute approximate surface area is 171 Å². The second kappa shape index (κ2) is 6.81. The second-order valence-electron chi connectivity index (χ2n) is 7.75. The summed E-state index contributed by atoms with van der Waals surface area (Å²) in [4.78, 5) is 34.2. The molecule has 5 rings (SSSR count). The molecule has 0 N–H and O–H groups in total. The summed E-state index contributed by atoms with van der Waals surface area (Å²) in [6, 6.07) is 11.1. The van der Waals surface area contributed by atoms with Gasteiger partial charge in [-0.2, -0.15) is 16.3 Å². The van der Waals surface area contributed by atoms with Crippen molar-refractivity contribution in [2.24, 2.45) is 5.92 Å². The summed E-state index contributed by atoms with van der Waals surface area (Å²) < 4.78 is 5.57. The topological polar surface area (TPSA) is 79.5 Å². The highest BCUT2D eigenvalue weighted by atomic mass is 32.1. The third kappa shape index (κ3) is 2.95. The Morgan fingerprint density at radius 2 is 1.76 bits per heavy atom. The molecule has 0 spiro atoms. The van der Waals surface area contributed by atoms with Gasteiger partial charge in [-0.15, -0.1) is 0 Å². The Morgan fingerprint density at radius 3 is 2.34 bits per heavy atom. The number of aryl methyl sites for hydroxylation is 1. The molecule has 1 aromatic carbocycles. The van der Waals surface area contributed by atoms with Crippen molar-refractivity contribution in [3.63, 3.8) is 0 Å². The fraction of sp³-hybridized carbons (Fsp3) is 0.333. The second-order valence-corrected chi connectivity index (χ2v) is 8.53. The molecule has 2 saturated heterocycles. The van der Waals surface area contributed by atoms with E-state index in [9.17, 15) is 9.59 Å². The molecule has 0 unspecified atom stereocenters. The lowest BCUT2D eigenvalue weighted by molar-refractivity contribution is 0.0727. The maximum Gasteiger partial charge on any atom is 0.254 e. The zero-order chi connectivity index (χ0) is 20.0. The van der Waals surface area contributed by atoms with E-state index in [-0.39, 0.29) is 17.7 Å². The number of carbonyl (C=O) groups excluding carboxylic acids is 2. The third-order valence-corrected chi connectivity index (χ3v) is 6.61. The quantitative estimate of drug-likeness (QED) is 0.666. The molecule has 148 valence electrons. The van der Waals surface area contributed by atoms with E-state index in [4.69, 9.17) is 4.52 Å². The van der Waals surface area contributed by atoms with Crippen LogP contribution in [0, 0.1) is 12.8 Å². The number of thiophene rings is 1. The molecule has 4 heterocycles. The largest absolute Gasteiger partial charge is 0.339 e. The maximum absolute atomic E-state index is 13.0. The lowest BCUT2D eigenvalue weighted by atomic mass is 9.81. The summed E-state index contributed by atoms with van der Waals surface area (Å²) >= 11 is 1.51. The molecule has 0 saturated carbocycles. The van der Waals surface area contributed by atoms with Gasteiger partial charge in [0, 0.05) is 43.0 Å². The van der Waals surface area contributed by atoms with E-state index in [0.29, 0.717) is 49.0 Å². The third-order valence-electron chi connectivity index (χ3n) is 5.93. The lowest BCUT2D eigenvalue weighted by Crippen LogP contribution is -2.41. The molecule has 29 heavy (non-hydrogen) atoms. The number of aromatic nitrogens is 2. The van der Waals surface area contributed by atoms with Gasteiger partial charge in [-0.1, -0.05) is 23.4 Å². The van der Waals surface area contributed by atoms with Crippen LogP contribution in [0.4, 0.5) is 0 Å². The van der Waals surface area contributed by atoms with E-state index >= 15 is 0 Å². The molecule has 2 aliphatic rings. The first kappa shape index (κ1) is 18.1. The van der Waals surface area contributed by atoms with Crippen molar-refractivity contribution in [3.8, 4) is 0 Å². The predicted octanol–water partition coefficient (Wildman–Crippen LogP) is 2.61. The minimum absolute atomic E-state index is 0.00803. The standard InChI is InChI=1S/C21H20N4O3S/c1-14-22-20(28-23-14)21-12-24(18(26)15-5-3-2-4-6-15)9-17(21)10-25(13-21)19(27)16-7-8-29-11-16/h2-8,11,17H,9-10,12-13H2,1H3/t17-,21-/m1/s1. The Morgan fingerprint density at radius 1 is 1.07 bits per heavy atom. The summed E-state index contributed by atoms with van der Waals surface area (Å²) in [6.45, 7) is 3.83.